The molecule has 1 heteroatoms. The van der Waals surface area contributed by atoms with Gasteiger partial charge in [-0.1, -0.05) is 19.8 Å². The van der Waals surface area contributed by atoms with Crippen molar-refractivity contribution in [3.63, 3.8) is 0 Å². The summed E-state index contributed by atoms with van der Waals surface area (Å²) in [5.74, 6) is 4.13. The Balaban J connectivity index is 1.64. The van der Waals surface area contributed by atoms with Gasteiger partial charge in [-0.25, -0.2) is 0 Å². The molecule has 3 saturated carbocycles. The molecule has 3 rings (SSSR count). The van der Waals surface area contributed by atoms with Crippen molar-refractivity contribution in [3.8, 4) is 0 Å². The summed E-state index contributed by atoms with van der Waals surface area (Å²) < 4.78 is 0. The highest BCUT2D eigenvalue weighted by atomic mass is 16.1. The van der Waals surface area contributed by atoms with Crippen LogP contribution in [0.3, 0.4) is 0 Å². The normalized spacial score (nSPS) is 49.6. The Hall–Kier alpha value is -0.330. The molecule has 5 atom stereocenters. The first-order valence-corrected chi connectivity index (χ1v) is 6.33. The van der Waals surface area contributed by atoms with E-state index in [1.54, 1.807) is 0 Å². The van der Waals surface area contributed by atoms with E-state index >= 15 is 0 Å². The maximum atomic E-state index is 12.2. The van der Waals surface area contributed by atoms with E-state index in [0.717, 1.165) is 17.8 Å². The molecule has 14 heavy (non-hydrogen) atoms. The molecule has 78 valence electrons. The minimum Gasteiger partial charge on any atom is -0.299 e. The van der Waals surface area contributed by atoms with Crippen LogP contribution in [0.5, 0.6) is 0 Å². The second-order valence-electron chi connectivity index (χ2n) is 5.69. The zero-order valence-corrected chi connectivity index (χ0v) is 9.04. The molecule has 0 spiro atoms. The summed E-state index contributed by atoms with van der Waals surface area (Å²) >= 11 is 0. The lowest BCUT2D eigenvalue weighted by Gasteiger charge is -2.20. The van der Waals surface area contributed by atoms with Gasteiger partial charge in [-0.2, -0.15) is 0 Å². The Labute approximate surface area is 86.3 Å². The first kappa shape index (κ1) is 8.94. The molecule has 0 saturated heterocycles. The van der Waals surface area contributed by atoms with Gasteiger partial charge < -0.3 is 0 Å². The highest BCUT2D eigenvalue weighted by Gasteiger charge is 2.50. The molecule has 0 heterocycles. The van der Waals surface area contributed by atoms with Crippen LogP contribution >= 0.6 is 0 Å². The number of hydrogen-bond donors (Lipinski definition) is 0. The van der Waals surface area contributed by atoms with Crippen LogP contribution in [0, 0.1) is 29.6 Å². The van der Waals surface area contributed by atoms with Gasteiger partial charge in [-0.15, -0.1) is 0 Å². The second kappa shape index (κ2) is 3.08. The van der Waals surface area contributed by atoms with E-state index < -0.39 is 0 Å². The minimum atomic E-state index is 0.490. The number of fused-ring (bicyclic) bond motifs is 2. The Morgan fingerprint density at radius 2 is 2.00 bits per heavy atom. The Morgan fingerprint density at radius 1 is 1.14 bits per heavy atom. The van der Waals surface area contributed by atoms with E-state index in [1.807, 2.05) is 0 Å². The molecule has 3 unspecified atom stereocenters. The van der Waals surface area contributed by atoms with Gasteiger partial charge in [0, 0.05) is 11.8 Å². The van der Waals surface area contributed by atoms with Gasteiger partial charge in [0.05, 0.1) is 0 Å². The summed E-state index contributed by atoms with van der Waals surface area (Å²) in [4.78, 5) is 12.2. The first-order valence-electron chi connectivity index (χ1n) is 6.33. The fourth-order valence-electron chi connectivity index (χ4n) is 3.92. The summed E-state index contributed by atoms with van der Waals surface area (Å²) in [5.41, 5.74) is 0. The maximum absolute atomic E-state index is 12.2. The summed E-state index contributed by atoms with van der Waals surface area (Å²) in [6.45, 7) is 2.22. The van der Waals surface area contributed by atoms with Crippen LogP contribution in [0.4, 0.5) is 0 Å². The Bertz CT molecular complexity index is 258. The van der Waals surface area contributed by atoms with Crippen LogP contribution in [0.1, 0.15) is 45.4 Å². The van der Waals surface area contributed by atoms with E-state index in [-0.39, 0.29) is 0 Å². The number of carbonyl (C=O) groups excluding carboxylic acids is 1. The van der Waals surface area contributed by atoms with Crippen LogP contribution in [-0.4, -0.2) is 5.78 Å². The predicted octanol–water partition coefficient (Wildman–Crippen LogP) is 3.04. The lowest BCUT2D eigenvalue weighted by Crippen LogP contribution is -2.22. The topological polar surface area (TPSA) is 17.1 Å². The molecule has 0 amide bonds. The molecule has 0 aromatic carbocycles. The van der Waals surface area contributed by atoms with Crippen molar-refractivity contribution in [2.45, 2.75) is 45.4 Å². The highest BCUT2D eigenvalue weighted by Crippen LogP contribution is 2.53. The SMILES string of the molecule is CC[C@@H]1C[C@H]1C(=O)C1CC2CCC1C2. The van der Waals surface area contributed by atoms with Crippen LogP contribution in [0.15, 0.2) is 0 Å². The monoisotopic (exact) mass is 192 g/mol. The molecular weight excluding hydrogens is 172 g/mol. The standard InChI is InChI=1S/C13H20O/c1-2-9-7-12(9)13(14)11-6-8-3-4-10(11)5-8/h8-12H,2-7H2,1H3/t8?,9-,10?,11?,12-/m1/s1. The number of carbonyl (C=O) groups is 1. The largest absolute Gasteiger partial charge is 0.299 e. The van der Waals surface area contributed by atoms with E-state index in [1.165, 1.54) is 38.5 Å². The van der Waals surface area contributed by atoms with Crippen molar-refractivity contribution in [1.82, 2.24) is 0 Å². The van der Waals surface area contributed by atoms with Crippen LogP contribution in [0.2, 0.25) is 0 Å². The van der Waals surface area contributed by atoms with Gasteiger partial charge in [0.2, 0.25) is 0 Å². The van der Waals surface area contributed by atoms with E-state index in [4.69, 9.17) is 0 Å². The van der Waals surface area contributed by atoms with Crippen LogP contribution < -0.4 is 0 Å². The van der Waals surface area contributed by atoms with Gasteiger partial charge in [0.1, 0.15) is 5.78 Å². The smallest absolute Gasteiger partial charge is 0.139 e. The summed E-state index contributed by atoms with van der Waals surface area (Å²) in [7, 11) is 0. The molecular formula is C13H20O. The molecule has 3 aliphatic carbocycles. The van der Waals surface area contributed by atoms with Gasteiger partial charge >= 0.3 is 0 Å². The minimum absolute atomic E-state index is 0.490. The molecule has 3 fully saturated rings. The Morgan fingerprint density at radius 3 is 2.50 bits per heavy atom. The van der Waals surface area contributed by atoms with E-state index in [0.29, 0.717) is 17.6 Å². The van der Waals surface area contributed by atoms with Crippen molar-refractivity contribution in [3.05, 3.63) is 0 Å². The fraction of sp³-hybridized carbons (Fsp3) is 0.923. The number of Topliss-reactive ketones (excluding diaryl/α,β-unsaturated/α-hetero) is 1. The third-order valence-electron chi connectivity index (χ3n) is 4.92. The third kappa shape index (κ3) is 1.24. The average Bonchev–Trinajstić information content (AvgIpc) is 2.70. The zero-order valence-electron chi connectivity index (χ0n) is 9.04. The quantitative estimate of drug-likeness (QED) is 0.671. The molecule has 0 radical (unpaired) electrons. The molecule has 0 aliphatic heterocycles. The molecule has 0 aromatic heterocycles. The number of rotatable bonds is 3. The third-order valence-corrected chi connectivity index (χ3v) is 4.92. The maximum Gasteiger partial charge on any atom is 0.139 e. The average molecular weight is 192 g/mol. The summed E-state index contributed by atoms with van der Waals surface area (Å²) in [6.07, 6.45) is 7.82. The lowest BCUT2D eigenvalue weighted by atomic mass is 9.83. The van der Waals surface area contributed by atoms with Crippen molar-refractivity contribution in [2.75, 3.05) is 0 Å². The van der Waals surface area contributed by atoms with Crippen LogP contribution in [-0.2, 0) is 4.79 Å². The zero-order chi connectivity index (χ0) is 9.71. The van der Waals surface area contributed by atoms with E-state index in [2.05, 4.69) is 6.92 Å². The van der Waals surface area contributed by atoms with Crippen molar-refractivity contribution < 1.29 is 4.79 Å². The van der Waals surface area contributed by atoms with Crippen molar-refractivity contribution >= 4 is 5.78 Å². The number of hydrogen-bond acceptors (Lipinski definition) is 1. The first-order chi connectivity index (χ1) is 6.79. The molecule has 0 aromatic rings. The summed E-state index contributed by atoms with van der Waals surface area (Å²) in [6, 6.07) is 0. The Kier molecular flexibility index (Phi) is 1.97. The predicted molar refractivity (Wildman–Crippen MR) is 55.8 cm³/mol. The molecule has 1 nitrogen and oxygen atoms in total. The molecule has 3 aliphatic rings. The van der Waals surface area contributed by atoms with E-state index in [9.17, 15) is 4.79 Å². The van der Waals surface area contributed by atoms with Gasteiger partial charge in [0.15, 0.2) is 0 Å². The highest BCUT2D eigenvalue weighted by molar-refractivity contribution is 5.86. The molecule has 2 bridgehead atoms. The van der Waals surface area contributed by atoms with Gasteiger partial charge in [-0.3, -0.25) is 4.79 Å². The number of ketones is 1. The van der Waals surface area contributed by atoms with Gasteiger partial charge in [-0.05, 0) is 43.4 Å². The lowest BCUT2D eigenvalue weighted by molar-refractivity contribution is -0.125. The fourth-order valence-corrected chi connectivity index (χ4v) is 3.92. The van der Waals surface area contributed by atoms with Crippen LogP contribution in [0.25, 0.3) is 0 Å². The van der Waals surface area contributed by atoms with Crippen molar-refractivity contribution in [2.24, 2.45) is 29.6 Å². The molecule has 0 N–H and O–H groups in total. The second-order valence-corrected chi connectivity index (χ2v) is 5.69. The van der Waals surface area contributed by atoms with Gasteiger partial charge in [0.25, 0.3) is 0 Å². The van der Waals surface area contributed by atoms with Crippen molar-refractivity contribution in [1.29, 1.82) is 0 Å². The summed E-state index contributed by atoms with van der Waals surface area (Å²) in [5, 5.41) is 0.